The second-order valence-electron chi connectivity index (χ2n) is 2.99. The number of imidazole rings is 1. The molecule has 14 heavy (non-hydrogen) atoms. The Balaban J connectivity index is 2.45. The van der Waals surface area contributed by atoms with Gasteiger partial charge in [0.2, 0.25) is 0 Å². The molecular weight excluding hydrogens is 188 g/mol. The van der Waals surface area contributed by atoms with Crippen molar-refractivity contribution < 1.29 is 8.78 Å². The molecule has 74 valence electrons. The minimum absolute atomic E-state index is 0.214. The summed E-state index contributed by atoms with van der Waals surface area (Å²) in [6.45, 7) is 0. The summed E-state index contributed by atoms with van der Waals surface area (Å²) in [7, 11) is 0. The van der Waals surface area contributed by atoms with Crippen LogP contribution < -0.4 is 5.73 Å². The van der Waals surface area contributed by atoms with Crippen LogP contribution in [0.2, 0.25) is 0 Å². The molecule has 1 atom stereocenters. The van der Waals surface area contributed by atoms with Crippen molar-refractivity contribution in [2.75, 3.05) is 0 Å². The third kappa shape index (κ3) is 1.46. The van der Waals surface area contributed by atoms with Gasteiger partial charge in [0.1, 0.15) is 11.7 Å². The minimum Gasteiger partial charge on any atom is -0.318 e. The zero-order valence-electron chi connectivity index (χ0n) is 7.27. The molecule has 0 spiro atoms. The van der Waals surface area contributed by atoms with Crippen LogP contribution in [0.15, 0.2) is 30.6 Å². The van der Waals surface area contributed by atoms with Crippen molar-refractivity contribution in [3.05, 3.63) is 36.3 Å². The fourth-order valence-electron chi connectivity index (χ4n) is 1.24. The summed E-state index contributed by atoms with van der Waals surface area (Å²) in [5, 5.41) is 0. The number of hydrogen-bond acceptors (Lipinski definition) is 2. The Bertz CT molecular complexity index is 405. The topological polar surface area (TPSA) is 43.3 Å². The van der Waals surface area contributed by atoms with Gasteiger partial charge >= 0.3 is 0 Å². The first-order valence-electron chi connectivity index (χ1n) is 4.16. The molecule has 0 aromatic carbocycles. The first-order chi connectivity index (χ1) is 6.68. The molecule has 0 aliphatic rings. The molecule has 0 bridgehead atoms. The number of pyridine rings is 1. The Labute approximate surface area is 79.2 Å². The molecule has 2 rings (SSSR count). The van der Waals surface area contributed by atoms with Gasteiger partial charge in [-0.2, -0.15) is 0 Å². The van der Waals surface area contributed by atoms with E-state index in [0.717, 1.165) is 0 Å². The Hall–Kier alpha value is -1.49. The average Bonchev–Trinajstić information content (AvgIpc) is 2.59. The summed E-state index contributed by atoms with van der Waals surface area (Å²) in [4.78, 5) is 3.99. The fourth-order valence-corrected chi connectivity index (χ4v) is 1.24. The zero-order valence-corrected chi connectivity index (χ0v) is 7.27. The van der Waals surface area contributed by atoms with Crippen molar-refractivity contribution >= 4 is 5.65 Å². The lowest BCUT2D eigenvalue weighted by Crippen LogP contribution is -2.19. The average molecular weight is 197 g/mol. The van der Waals surface area contributed by atoms with Crippen molar-refractivity contribution in [1.29, 1.82) is 0 Å². The van der Waals surface area contributed by atoms with E-state index in [1.54, 1.807) is 28.8 Å². The lowest BCUT2D eigenvalue weighted by Gasteiger charge is -2.04. The van der Waals surface area contributed by atoms with Gasteiger partial charge in [-0.3, -0.25) is 0 Å². The van der Waals surface area contributed by atoms with Crippen LogP contribution in [0.25, 0.3) is 5.65 Å². The Morgan fingerprint density at radius 1 is 1.36 bits per heavy atom. The van der Waals surface area contributed by atoms with Gasteiger partial charge in [-0.05, 0) is 12.1 Å². The molecule has 0 saturated carbocycles. The van der Waals surface area contributed by atoms with Gasteiger partial charge < -0.3 is 10.1 Å². The van der Waals surface area contributed by atoms with Crippen molar-refractivity contribution in [2.45, 2.75) is 12.5 Å². The van der Waals surface area contributed by atoms with Crippen LogP contribution in [0, 0.1) is 0 Å². The zero-order chi connectivity index (χ0) is 10.1. The van der Waals surface area contributed by atoms with Crippen LogP contribution in [-0.4, -0.2) is 15.8 Å². The largest absolute Gasteiger partial charge is 0.318 e. The van der Waals surface area contributed by atoms with Crippen molar-refractivity contribution in [3.63, 3.8) is 0 Å². The van der Waals surface area contributed by atoms with Gasteiger partial charge in [-0.15, -0.1) is 0 Å². The summed E-state index contributed by atoms with van der Waals surface area (Å²) in [6, 6.07) is 4.02. The number of alkyl halides is 2. The molecule has 3 nitrogen and oxygen atoms in total. The lowest BCUT2D eigenvalue weighted by molar-refractivity contribution is 0.115. The monoisotopic (exact) mass is 197 g/mol. The number of halogens is 2. The van der Waals surface area contributed by atoms with Crippen molar-refractivity contribution in [3.8, 4) is 0 Å². The summed E-state index contributed by atoms with van der Waals surface area (Å²) < 4.78 is 26.2. The van der Waals surface area contributed by atoms with Gasteiger partial charge in [0, 0.05) is 12.4 Å². The lowest BCUT2D eigenvalue weighted by atomic mass is 10.2. The molecule has 1 unspecified atom stereocenters. The van der Waals surface area contributed by atoms with E-state index in [1.807, 2.05) is 0 Å². The molecule has 2 aromatic rings. The molecule has 2 N–H and O–H groups in total. The van der Waals surface area contributed by atoms with E-state index in [2.05, 4.69) is 4.98 Å². The number of hydrogen-bond donors (Lipinski definition) is 1. The first kappa shape index (κ1) is 9.08. The number of fused-ring (bicyclic) bond motifs is 1. The van der Waals surface area contributed by atoms with Crippen LogP contribution in [-0.2, 0) is 0 Å². The van der Waals surface area contributed by atoms with Crippen LogP contribution in [0.4, 0.5) is 8.78 Å². The first-order valence-corrected chi connectivity index (χ1v) is 4.16. The summed E-state index contributed by atoms with van der Waals surface area (Å²) in [5.74, 6) is 0. The normalized spacial score (nSPS) is 13.7. The highest BCUT2D eigenvalue weighted by atomic mass is 19.3. The molecule has 0 saturated heterocycles. The van der Waals surface area contributed by atoms with Gasteiger partial charge in [-0.25, -0.2) is 13.8 Å². The number of aromatic nitrogens is 2. The van der Waals surface area contributed by atoms with Crippen molar-refractivity contribution in [2.24, 2.45) is 5.73 Å². The second-order valence-corrected chi connectivity index (χ2v) is 2.99. The predicted octanol–water partition coefficient (Wildman–Crippen LogP) is 1.60. The molecule has 2 aromatic heterocycles. The van der Waals surface area contributed by atoms with Gasteiger partial charge in [-0.1, -0.05) is 6.07 Å². The maximum atomic E-state index is 12.3. The molecular formula is C9H9F2N3. The van der Waals surface area contributed by atoms with E-state index < -0.39 is 12.5 Å². The Kier molecular flexibility index (Phi) is 2.17. The highest BCUT2D eigenvalue weighted by molar-refractivity contribution is 5.39. The van der Waals surface area contributed by atoms with Crippen LogP contribution in [0.1, 0.15) is 11.7 Å². The van der Waals surface area contributed by atoms with Crippen LogP contribution >= 0.6 is 0 Å². The fraction of sp³-hybridized carbons (Fsp3) is 0.222. The second kappa shape index (κ2) is 3.34. The third-order valence-corrected chi connectivity index (χ3v) is 2.00. The summed E-state index contributed by atoms with van der Waals surface area (Å²) in [6.07, 6.45) is 0.677. The molecule has 0 fully saturated rings. The van der Waals surface area contributed by atoms with E-state index >= 15 is 0 Å². The van der Waals surface area contributed by atoms with Crippen LogP contribution in [0.5, 0.6) is 0 Å². The van der Waals surface area contributed by atoms with Gasteiger partial charge in [0.25, 0.3) is 6.43 Å². The Morgan fingerprint density at radius 2 is 2.14 bits per heavy atom. The standard InChI is InChI=1S/C9H9F2N3/c10-9(11)8(12)6-5-14-4-2-1-3-7(14)13-6/h1-5,8-9H,12H2. The van der Waals surface area contributed by atoms with E-state index in [-0.39, 0.29) is 5.69 Å². The van der Waals surface area contributed by atoms with E-state index in [1.165, 1.54) is 6.20 Å². The summed E-state index contributed by atoms with van der Waals surface area (Å²) >= 11 is 0. The molecule has 5 heteroatoms. The molecule has 0 aliphatic heterocycles. The predicted molar refractivity (Wildman–Crippen MR) is 48.1 cm³/mol. The Morgan fingerprint density at radius 3 is 2.79 bits per heavy atom. The SMILES string of the molecule is NC(c1cn2ccccc2n1)C(F)F. The van der Waals surface area contributed by atoms with E-state index in [9.17, 15) is 8.78 Å². The molecule has 2 heterocycles. The van der Waals surface area contributed by atoms with Gasteiger partial charge in [0.15, 0.2) is 0 Å². The highest BCUT2D eigenvalue weighted by Gasteiger charge is 2.20. The number of nitrogens with zero attached hydrogens (tertiary/aromatic N) is 2. The summed E-state index contributed by atoms with van der Waals surface area (Å²) in [5.41, 5.74) is 6.11. The van der Waals surface area contributed by atoms with Crippen LogP contribution in [0.3, 0.4) is 0 Å². The van der Waals surface area contributed by atoms with E-state index in [0.29, 0.717) is 5.65 Å². The molecule has 0 aliphatic carbocycles. The number of rotatable bonds is 2. The van der Waals surface area contributed by atoms with E-state index in [4.69, 9.17) is 5.73 Å². The third-order valence-electron chi connectivity index (χ3n) is 2.00. The maximum Gasteiger partial charge on any atom is 0.259 e. The minimum atomic E-state index is -2.58. The van der Waals surface area contributed by atoms with Crippen molar-refractivity contribution in [1.82, 2.24) is 9.38 Å². The molecule has 0 amide bonds. The maximum absolute atomic E-state index is 12.3. The smallest absolute Gasteiger partial charge is 0.259 e. The van der Waals surface area contributed by atoms with Gasteiger partial charge in [0.05, 0.1) is 5.69 Å². The number of nitrogens with two attached hydrogens (primary N) is 1. The quantitative estimate of drug-likeness (QED) is 0.794. The molecule has 0 radical (unpaired) electrons. The highest BCUT2D eigenvalue weighted by Crippen LogP contribution is 2.17.